The summed E-state index contributed by atoms with van der Waals surface area (Å²) in [5, 5.41) is 4.06. The van der Waals surface area contributed by atoms with Gasteiger partial charge in [0.1, 0.15) is 6.61 Å². The average Bonchev–Trinajstić information content (AvgIpc) is 3.27. The molecule has 170 valence electrons. The summed E-state index contributed by atoms with van der Waals surface area (Å²) in [6.07, 6.45) is 1.72. The maximum atomic E-state index is 12.2. The third kappa shape index (κ3) is 6.06. The van der Waals surface area contributed by atoms with Crippen molar-refractivity contribution in [3.8, 4) is 23.0 Å². The highest BCUT2D eigenvalue weighted by atomic mass is 79.9. The number of halogens is 2. The molecule has 1 N–H and O–H groups in total. The van der Waals surface area contributed by atoms with Gasteiger partial charge in [0.2, 0.25) is 12.7 Å². The molecule has 4 rings (SSSR count). The molecule has 9 heteroatoms. The number of hydrazone groups is 1. The van der Waals surface area contributed by atoms with Gasteiger partial charge in [-0.3, -0.25) is 4.79 Å². The summed E-state index contributed by atoms with van der Waals surface area (Å²) >= 11 is 6.95. The van der Waals surface area contributed by atoms with E-state index in [-0.39, 0.29) is 19.1 Å². The summed E-state index contributed by atoms with van der Waals surface area (Å²) in [6, 6.07) is 16.9. The van der Waals surface area contributed by atoms with Crippen LogP contribution in [0, 0.1) is 0 Å². The summed E-state index contributed by atoms with van der Waals surface area (Å²) in [5.74, 6) is 2.22. The summed E-state index contributed by atoms with van der Waals surface area (Å²) in [7, 11) is 1.57. The maximum absolute atomic E-state index is 12.2. The van der Waals surface area contributed by atoms with E-state index in [0.717, 1.165) is 21.2 Å². The molecule has 3 aromatic carbocycles. The van der Waals surface area contributed by atoms with E-state index in [9.17, 15) is 4.79 Å². The first-order valence-corrected chi connectivity index (χ1v) is 11.6. The molecule has 0 saturated heterocycles. The third-order valence-corrected chi connectivity index (χ3v) is 5.87. The fraction of sp³-hybridized carbons (Fsp3) is 0.167. The molecule has 1 aliphatic heterocycles. The standard InChI is InChI=1S/C24H20Br2N2O5/c1-30-22-10-17(8-19(26)24(22)31-13-15-2-5-18(25)6-3-15)12-27-28-23(29)11-16-4-7-20-21(9-16)33-14-32-20/h2-10,12H,11,13-14H2,1H3,(H,28,29)/b27-12-. The molecule has 1 amide bonds. The highest BCUT2D eigenvalue weighted by molar-refractivity contribution is 9.10. The van der Waals surface area contributed by atoms with Gasteiger partial charge in [-0.2, -0.15) is 5.10 Å². The number of carbonyl (C=O) groups excluding carboxylic acids is 1. The molecule has 0 fully saturated rings. The van der Waals surface area contributed by atoms with Gasteiger partial charge in [0.25, 0.3) is 0 Å². The van der Waals surface area contributed by atoms with Crippen LogP contribution in [0.5, 0.6) is 23.0 Å². The number of nitrogens with one attached hydrogen (secondary N) is 1. The minimum Gasteiger partial charge on any atom is -0.493 e. The Morgan fingerprint density at radius 2 is 1.82 bits per heavy atom. The van der Waals surface area contributed by atoms with Crippen molar-refractivity contribution in [2.24, 2.45) is 5.10 Å². The Morgan fingerprint density at radius 1 is 1.06 bits per heavy atom. The summed E-state index contributed by atoms with van der Waals surface area (Å²) in [4.78, 5) is 12.2. The van der Waals surface area contributed by atoms with Gasteiger partial charge in [-0.1, -0.05) is 34.1 Å². The Balaban J connectivity index is 1.36. The first kappa shape index (κ1) is 23.1. The van der Waals surface area contributed by atoms with Crippen LogP contribution in [0.15, 0.2) is 68.6 Å². The van der Waals surface area contributed by atoms with Gasteiger partial charge >= 0.3 is 0 Å². The average molecular weight is 576 g/mol. The lowest BCUT2D eigenvalue weighted by Gasteiger charge is -2.13. The van der Waals surface area contributed by atoms with Crippen LogP contribution in [-0.4, -0.2) is 26.0 Å². The number of ether oxygens (including phenoxy) is 4. The highest BCUT2D eigenvalue weighted by Crippen LogP contribution is 2.37. The second-order valence-corrected chi connectivity index (χ2v) is 8.88. The van der Waals surface area contributed by atoms with Crippen LogP contribution >= 0.6 is 31.9 Å². The van der Waals surface area contributed by atoms with Crippen LogP contribution in [0.1, 0.15) is 16.7 Å². The number of carbonyl (C=O) groups is 1. The van der Waals surface area contributed by atoms with Gasteiger partial charge in [-0.05, 0) is 69.0 Å². The lowest BCUT2D eigenvalue weighted by Crippen LogP contribution is -2.19. The Morgan fingerprint density at radius 3 is 2.61 bits per heavy atom. The highest BCUT2D eigenvalue weighted by Gasteiger charge is 2.15. The fourth-order valence-electron chi connectivity index (χ4n) is 3.15. The van der Waals surface area contributed by atoms with Gasteiger partial charge in [0.05, 0.1) is 24.2 Å². The van der Waals surface area contributed by atoms with Crippen molar-refractivity contribution in [1.82, 2.24) is 5.43 Å². The summed E-state index contributed by atoms with van der Waals surface area (Å²) < 4.78 is 23.8. The van der Waals surface area contributed by atoms with Gasteiger partial charge in [-0.25, -0.2) is 5.43 Å². The molecule has 0 radical (unpaired) electrons. The number of rotatable bonds is 8. The molecule has 0 bridgehead atoms. The minimum atomic E-state index is -0.245. The Kier molecular flexibility index (Phi) is 7.51. The van der Waals surface area contributed by atoms with Crippen LogP contribution in [0.4, 0.5) is 0 Å². The molecular weight excluding hydrogens is 556 g/mol. The van der Waals surface area contributed by atoms with E-state index in [4.69, 9.17) is 18.9 Å². The lowest BCUT2D eigenvalue weighted by atomic mass is 10.1. The molecular formula is C24H20Br2N2O5. The van der Waals surface area contributed by atoms with E-state index >= 15 is 0 Å². The molecule has 1 heterocycles. The minimum absolute atomic E-state index is 0.170. The van der Waals surface area contributed by atoms with Crippen LogP contribution in [0.3, 0.4) is 0 Å². The number of hydrogen-bond donors (Lipinski definition) is 1. The summed E-state index contributed by atoms with van der Waals surface area (Å²) in [5.41, 5.74) is 5.11. The Bertz CT molecular complexity index is 1180. The van der Waals surface area contributed by atoms with E-state index in [2.05, 4.69) is 42.4 Å². The van der Waals surface area contributed by atoms with Gasteiger partial charge in [0.15, 0.2) is 23.0 Å². The Labute approximate surface area is 207 Å². The first-order chi connectivity index (χ1) is 16.0. The number of hydrogen-bond acceptors (Lipinski definition) is 6. The van der Waals surface area contributed by atoms with Crippen molar-refractivity contribution in [1.29, 1.82) is 0 Å². The van der Waals surface area contributed by atoms with Crippen LogP contribution in [-0.2, 0) is 17.8 Å². The fourth-order valence-corrected chi connectivity index (χ4v) is 3.98. The van der Waals surface area contributed by atoms with E-state index in [0.29, 0.717) is 34.1 Å². The van der Waals surface area contributed by atoms with Crippen LogP contribution in [0.25, 0.3) is 0 Å². The molecule has 1 aliphatic rings. The smallest absolute Gasteiger partial charge is 0.244 e. The number of nitrogens with zero attached hydrogens (tertiary/aromatic N) is 1. The molecule has 0 unspecified atom stereocenters. The maximum Gasteiger partial charge on any atom is 0.244 e. The lowest BCUT2D eigenvalue weighted by molar-refractivity contribution is -0.120. The second kappa shape index (κ2) is 10.7. The molecule has 0 spiro atoms. The molecule has 7 nitrogen and oxygen atoms in total. The normalized spacial score (nSPS) is 12.1. The first-order valence-electron chi connectivity index (χ1n) is 9.97. The zero-order valence-corrected chi connectivity index (χ0v) is 20.8. The number of methoxy groups -OCH3 is 1. The number of amides is 1. The second-order valence-electron chi connectivity index (χ2n) is 7.11. The molecule has 3 aromatic rings. The van der Waals surface area contributed by atoms with Crippen molar-refractivity contribution < 1.29 is 23.7 Å². The summed E-state index contributed by atoms with van der Waals surface area (Å²) in [6.45, 7) is 0.591. The predicted molar refractivity (Wildman–Crippen MR) is 131 cm³/mol. The number of fused-ring (bicyclic) bond motifs is 1. The Hall–Kier alpha value is -3.04. The molecule has 0 saturated carbocycles. The third-order valence-electron chi connectivity index (χ3n) is 4.75. The SMILES string of the molecule is COc1cc(/C=N\NC(=O)Cc2ccc3c(c2)OCO3)cc(Br)c1OCc1ccc(Br)cc1. The van der Waals surface area contributed by atoms with E-state index in [1.807, 2.05) is 36.4 Å². The molecule has 33 heavy (non-hydrogen) atoms. The van der Waals surface area contributed by atoms with Gasteiger partial charge in [0, 0.05) is 4.47 Å². The van der Waals surface area contributed by atoms with E-state index < -0.39 is 0 Å². The van der Waals surface area contributed by atoms with Gasteiger partial charge < -0.3 is 18.9 Å². The topological polar surface area (TPSA) is 78.4 Å². The van der Waals surface area contributed by atoms with Crippen molar-refractivity contribution in [3.63, 3.8) is 0 Å². The number of benzene rings is 3. The van der Waals surface area contributed by atoms with Crippen molar-refractivity contribution in [3.05, 3.63) is 80.2 Å². The zero-order valence-electron chi connectivity index (χ0n) is 17.6. The van der Waals surface area contributed by atoms with E-state index in [1.165, 1.54) is 0 Å². The molecule has 0 aromatic heterocycles. The van der Waals surface area contributed by atoms with Crippen molar-refractivity contribution in [2.45, 2.75) is 13.0 Å². The van der Waals surface area contributed by atoms with Crippen LogP contribution in [0.2, 0.25) is 0 Å². The quantitative estimate of drug-likeness (QED) is 0.294. The zero-order chi connectivity index (χ0) is 23.2. The monoisotopic (exact) mass is 574 g/mol. The van der Waals surface area contributed by atoms with Gasteiger partial charge in [-0.15, -0.1) is 0 Å². The molecule has 0 atom stereocenters. The van der Waals surface area contributed by atoms with E-state index in [1.54, 1.807) is 31.5 Å². The predicted octanol–water partition coefficient (Wildman–Crippen LogP) is 5.22. The van der Waals surface area contributed by atoms with Crippen LogP contribution < -0.4 is 24.4 Å². The largest absolute Gasteiger partial charge is 0.493 e. The van der Waals surface area contributed by atoms with Crippen molar-refractivity contribution in [2.75, 3.05) is 13.9 Å². The van der Waals surface area contributed by atoms with Crippen molar-refractivity contribution >= 4 is 44.0 Å². The molecule has 0 aliphatic carbocycles.